The SMILES string of the molecule is CN(Cc1ncccc1C=O)C1CCC(=O)NC1=O. The van der Waals surface area contributed by atoms with Gasteiger partial charge in [0.05, 0.1) is 11.7 Å². The molecule has 1 aliphatic heterocycles. The number of nitrogens with one attached hydrogen (secondary N) is 1. The van der Waals surface area contributed by atoms with Crippen molar-refractivity contribution < 1.29 is 14.4 Å². The molecular weight excluding hydrogens is 246 g/mol. The van der Waals surface area contributed by atoms with Crippen LogP contribution < -0.4 is 5.32 Å². The van der Waals surface area contributed by atoms with Gasteiger partial charge in [0.2, 0.25) is 11.8 Å². The fraction of sp³-hybridized carbons (Fsp3) is 0.385. The summed E-state index contributed by atoms with van der Waals surface area (Å²) in [7, 11) is 1.78. The summed E-state index contributed by atoms with van der Waals surface area (Å²) in [6.07, 6.45) is 3.19. The molecule has 1 saturated heterocycles. The Morgan fingerprint density at radius 1 is 1.53 bits per heavy atom. The van der Waals surface area contributed by atoms with E-state index < -0.39 is 0 Å². The number of hydrogen-bond acceptors (Lipinski definition) is 5. The van der Waals surface area contributed by atoms with Gasteiger partial charge in [0, 0.05) is 24.7 Å². The van der Waals surface area contributed by atoms with Crippen LogP contribution in [0, 0.1) is 0 Å². The van der Waals surface area contributed by atoms with Gasteiger partial charge < -0.3 is 0 Å². The summed E-state index contributed by atoms with van der Waals surface area (Å²) in [6, 6.07) is 3.02. The van der Waals surface area contributed by atoms with E-state index in [1.54, 1.807) is 30.3 Å². The first-order valence-corrected chi connectivity index (χ1v) is 6.05. The third-order valence-corrected chi connectivity index (χ3v) is 3.19. The molecule has 0 bridgehead atoms. The Morgan fingerprint density at radius 3 is 3.00 bits per heavy atom. The van der Waals surface area contributed by atoms with Crippen LogP contribution in [0.15, 0.2) is 18.3 Å². The van der Waals surface area contributed by atoms with Crippen LogP contribution in [-0.4, -0.2) is 41.1 Å². The van der Waals surface area contributed by atoms with E-state index in [9.17, 15) is 14.4 Å². The number of likely N-dealkylation sites (N-methyl/N-ethyl adjacent to an activating group) is 1. The highest BCUT2D eigenvalue weighted by Crippen LogP contribution is 2.14. The van der Waals surface area contributed by atoms with Crippen LogP contribution in [0.3, 0.4) is 0 Å². The molecule has 6 nitrogen and oxygen atoms in total. The largest absolute Gasteiger partial charge is 0.298 e. The summed E-state index contributed by atoms with van der Waals surface area (Å²) in [5, 5.41) is 2.32. The number of hydrogen-bond donors (Lipinski definition) is 1. The molecule has 1 fully saturated rings. The Morgan fingerprint density at radius 2 is 2.32 bits per heavy atom. The molecule has 1 atom stereocenters. The lowest BCUT2D eigenvalue weighted by atomic mass is 10.0. The minimum Gasteiger partial charge on any atom is -0.298 e. The van der Waals surface area contributed by atoms with Gasteiger partial charge in [-0.3, -0.25) is 29.6 Å². The first-order chi connectivity index (χ1) is 9.11. The number of carbonyl (C=O) groups is 3. The Kier molecular flexibility index (Phi) is 4.01. The van der Waals surface area contributed by atoms with Crippen molar-refractivity contribution in [3.63, 3.8) is 0 Å². The molecule has 2 heterocycles. The first kappa shape index (κ1) is 13.4. The summed E-state index contributed by atoms with van der Waals surface area (Å²) in [6.45, 7) is 0.390. The summed E-state index contributed by atoms with van der Waals surface area (Å²) < 4.78 is 0. The lowest BCUT2D eigenvalue weighted by molar-refractivity contribution is -0.137. The molecule has 100 valence electrons. The molecule has 1 N–H and O–H groups in total. The lowest BCUT2D eigenvalue weighted by Gasteiger charge is -2.29. The molecule has 1 aliphatic rings. The number of piperidine rings is 1. The number of aldehydes is 1. The van der Waals surface area contributed by atoms with Crippen molar-refractivity contribution >= 4 is 18.1 Å². The predicted molar refractivity (Wildman–Crippen MR) is 67.3 cm³/mol. The van der Waals surface area contributed by atoms with Gasteiger partial charge in [-0.05, 0) is 25.6 Å². The summed E-state index contributed by atoms with van der Waals surface area (Å²) in [4.78, 5) is 39.7. The molecule has 0 spiro atoms. The first-order valence-electron chi connectivity index (χ1n) is 6.05. The minimum absolute atomic E-state index is 0.235. The van der Waals surface area contributed by atoms with Crippen LogP contribution in [0.1, 0.15) is 28.9 Å². The molecule has 0 saturated carbocycles. The van der Waals surface area contributed by atoms with Crippen molar-refractivity contribution in [3.05, 3.63) is 29.6 Å². The minimum atomic E-state index is -0.362. The molecule has 0 aliphatic carbocycles. The number of aromatic nitrogens is 1. The molecule has 6 heteroatoms. The Balaban J connectivity index is 2.08. The van der Waals surface area contributed by atoms with Crippen molar-refractivity contribution in [1.82, 2.24) is 15.2 Å². The number of rotatable bonds is 4. The summed E-state index contributed by atoms with van der Waals surface area (Å²) in [5.41, 5.74) is 1.14. The van der Waals surface area contributed by atoms with Gasteiger partial charge in [-0.15, -0.1) is 0 Å². The van der Waals surface area contributed by atoms with Crippen LogP contribution in [0.25, 0.3) is 0 Å². The maximum atomic E-state index is 11.7. The molecular formula is C13H15N3O3. The Labute approximate surface area is 110 Å². The van der Waals surface area contributed by atoms with Crippen molar-refractivity contribution in [3.8, 4) is 0 Å². The molecule has 1 aromatic rings. The molecule has 1 aromatic heterocycles. The molecule has 1 unspecified atom stereocenters. The lowest BCUT2D eigenvalue weighted by Crippen LogP contribution is -2.51. The van der Waals surface area contributed by atoms with Crippen molar-refractivity contribution in [2.45, 2.75) is 25.4 Å². The Hall–Kier alpha value is -2.08. The van der Waals surface area contributed by atoms with Gasteiger partial charge in [-0.1, -0.05) is 0 Å². The van der Waals surface area contributed by atoms with Crippen LogP contribution in [-0.2, 0) is 16.1 Å². The summed E-state index contributed by atoms with van der Waals surface area (Å²) in [5.74, 6) is -0.525. The molecule has 19 heavy (non-hydrogen) atoms. The second kappa shape index (κ2) is 5.71. The van der Waals surface area contributed by atoms with Gasteiger partial charge in [-0.2, -0.15) is 0 Å². The zero-order valence-corrected chi connectivity index (χ0v) is 10.6. The fourth-order valence-corrected chi connectivity index (χ4v) is 2.14. The molecule has 2 rings (SSSR count). The van der Waals surface area contributed by atoms with Crippen molar-refractivity contribution in [2.75, 3.05) is 7.05 Å². The third kappa shape index (κ3) is 3.03. The second-order valence-corrected chi connectivity index (χ2v) is 4.54. The average molecular weight is 261 g/mol. The molecule has 0 radical (unpaired) electrons. The third-order valence-electron chi connectivity index (χ3n) is 3.19. The van der Waals surface area contributed by atoms with Gasteiger partial charge >= 0.3 is 0 Å². The predicted octanol–water partition coefficient (Wildman–Crippen LogP) is 0.131. The van der Waals surface area contributed by atoms with Crippen LogP contribution in [0.5, 0.6) is 0 Å². The van der Waals surface area contributed by atoms with E-state index in [1.807, 2.05) is 0 Å². The number of carbonyl (C=O) groups excluding carboxylic acids is 3. The van der Waals surface area contributed by atoms with E-state index in [4.69, 9.17) is 0 Å². The normalized spacial score (nSPS) is 19.4. The standard InChI is InChI=1S/C13H15N3O3/c1-16(11-4-5-12(18)15-13(11)19)7-10-9(8-17)3-2-6-14-10/h2-3,6,8,11H,4-5,7H2,1H3,(H,15,18,19). The van der Waals surface area contributed by atoms with Gasteiger partial charge in [0.1, 0.15) is 0 Å². The van der Waals surface area contributed by atoms with E-state index in [-0.39, 0.29) is 17.9 Å². The van der Waals surface area contributed by atoms with E-state index in [2.05, 4.69) is 10.3 Å². The van der Waals surface area contributed by atoms with Crippen molar-refractivity contribution in [1.29, 1.82) is 0 Å². The smallest absolute Gasteiger partial charge is 0.243 e. The van der Waals surface area contributed by atoms with Gasteiger partial charge in [0.15, 0.2) is 6.29 Å². The zero-order chi connectivity index (χ0) is 13.8. The fourth-order valence-electron chi connectivity index (χ4n) is 2.14. The van der Waals surface area contributed by atoms with Crippen LogP contribution >= 0.6 is 0 Å². The number of nitrogens with zero attached hydrogens (tertiary/aromatic N) is 2. The highest BCUT2D eigenvalue weighted by molar-refractivity contribution is 6.00. The van der Waals surface area contributed by atoms with Crippen LogP contribution in [0.2, 0.25) is 0 Å². The van der Waals surface area contributed by atoms with E-state index in [0.717, 1.165) is 6.29 Å². The quantitative estimate of drug-likeness (QED) is 0.615. The maximum Gasteiger partial charge on any atom is 0.243 e. The summed E-state index contributed by atoms with van der Waals surface area (Å²) >= 11 is 0. The Bertz CT molecular complexity index is 516. The molecule has 0 aromatic carbocycles. The second-order valence-electron chi connectivity index (χ2n) is 4.54. The number of amides is 2. The number of pyridine rings is 1. The zero-order valence-electron chi connectivity index (χ0n) is 10.6. The highest BCUT2D eigenvalue weighted by Gasteiger charge is 2.30. The monoisotopic (exact) mass is 261 g/mol. The van der Waals surface area contributed by atoms with Crippen molar-refractivity contribution in [2.24, 2.45) is 0 Å². The van der Waals surface area contributed by atoms with E-state index >= 15 is 0 Å². The topological polar surface area (TPSA) is 79.4 Å². The van der Waals surface area contributed by atoms with Gasteiger partial charge in [0.25, 0.3) is 0 Å². The highest BCUT2D eigenvalue weighted by atomic mass is 16.2. The van der Waals surface area contributed by atoms with E-state index in [0.29, 0.717) is 30.6 Å². The maximum absolute atomic E-state index is 11.7. The van der Waals surface area contributed by atoms with Crippen LogP contribution in [0.4, 0.5) is 0 Å². The number of imide groups is 1. The molecule has 2 amide bonds. The van der Waals surface area contributed by atoms with E-state index in [1.165, 1.54) is 0 Å². The average Bonchev–Trinajstić information content (AvgIpc) is 2.39. The van der Waals surface area contributed by atoms with Gasteiger partial charge in [-0.25, -0.2) is 0 Å².